The molecule has 4 atom stereocenters. The van der Waals surface area contributed by atoms with Crippen molar-refractivity contribution in [3.05, 3.63) is 29.8 Å². The first-order valence-electron chi connectivity index (χ1n) is 10.2. The van der Waals surface area contributed by atoms with Crippen molar-refractivity contribution in [3.8, 4) is 5.75 Å². The fourth-order valence-corrected chi connectivity index (χ4v) is 5.40. The van der Waals surface area contributed by atoms with E-state index in [9.17, 15) is 0 Å². The second-order valence-electron chi connectivity index (χ2n) is 8.17. The zero-order valence-corrected chi connectivity index (χ0v) is 16.6. The third-order valence-corrected chi connectivity index (χ3v) is 6.85. The van der Waals surface area contributed by atoms with Gasteiger partial charge in [-0.3, -0.25) is 4.90 Å². The van der Waals surface area contributed by atoms with Gasteiger partial charge in [-0.25, -0.2) is 0 Å². The van der Waals surface area contributed by atoms with Crippen LogP contribution in [0.2, 0.25) is 0 Å². The number of hydrogen-bond donors (Lipinski definition) is 2. The number of hydrogen-bond acceptors (Lipinski definition) is 3. The van der Waals surface area contributed by atoms with Crippen LogP contribution in [0.25, 0.3) is 0 Å². The summed E-state index contributed by atoms with van der Waals surface area (Å²) >= 11 is 5.63. The Hall–Kier alpha value is -1.33. The highest BCUT2D eigenvalue weighted by atomic mass is 32.1. The molecule has 5 heteroatoms. The summed E-state index contributed by atoms with van der Waals surface area (Å²) in [6.45, 7) is 3.20. The molecule has 142 valence electrons. The maximum Gasteiger partial charge on any atom is 0.166 e. The van der Waals surface area contributed by atoms with Gasteiger partial charge in [0, 0.05) is 12.6 Å². The van der Waals surface area contributed by atoms with Gasteiger partial charge in [0.15, 0.2) is 5.11 Å². The zero-order valence-electron chi connectivity index (χ0n) is 15.7. The molecular formula is C21H31N3OS. The number of rotatable bonds is 6. The Morgan fingerprint density at radius 1 is 1.19 bits per heavy atom. The van der Waals surface area contributed by atoms with Crippen molar-refractivity contribution in [1.82, 2.24) is 15.5 Å². The van der Waals surface area contributed by atoms with E-state index in [4.69, 9.17) is 17.0 Å². The molecule has 2 N–H and O–H groups in total. The highest BCUT2D eigenvalue weighted by Gasteiger charge is 2.39. The zero-order chi connectivity index (χ0) is 17.9. The number of ether oxygens (including phenoxy) is 1. The van der Waals surface area contributed by atoms with Crippen LogP contribution in [0.5, 0.6) is 5.75 Å². The molecule has 0 amide bonds. The van der Waals surface area contributed by atoms with Gasteiger partial charge >= 0.3 is 0 Å². The molecule has 3 aliphatic rings. The molecule has 0 unspecified atom stereocenters. The Kier molecular flexibility index (Phi) is 5.65. The molecule has 1 aliphatic heterocycles. The van der Waals surface area contributed by atoms with Gasteiger partial charge in [0.25, 0.3) is 0 Å². The van der Waals surface area contributed by atoms with Crippen molar-refractivity contribution in [2.24, 2.45) is 11.8 Å². The Morgan fingerprint density at radius 2 is 1.96 bits per heavy atom. The van der Waals surface area contributed by atoms with E-state index in [0.717, 1.165) is 29.2 Å². The Balaban J connectivity index is 1.35. The first kappa shape index (κ1) is 18.1. The lowest BCUT2D eigenvalue weighted by Gasteiger charge is -2.30. The molecule has 26 heavy (non-hydrogen) atoms. The van der Waals surface area contributed by atoms with E-state index in [1.165, 1.54) is 57.2 Å². The predicted octanol–water partition coefficient (Wildman–Crippen LogP) is 3.48. The van der Waals surface area contributed by atoms with E-state index in [0.29, 0.717) is 12.1 Å². The van der Waals surface area contributed by atoms with Gasteiger partial charge in [-0.1, -0.05) is 18.6 Å². The smallest absolute Gasteiger partial charge is 0.166 e. The second kappa shape index (κ2) is 8.13. The van der Waals surface area contributed by atoms with E-state index in [1.54, 1.807) is 7.11 Å². The van der Waals surface area contributed by atoms with Crippen LogP contribution in [0.4, 0.5) is 0 Å². The van der Waals surface area contributed by atoms with Gasteiger partial charge < -0.3 is 15.4 Å². The summed E-state index contributed by atoms with van der Waals surface area (Å²) in [5.41, 5.74) is 1.34. The molecule has 2 saturated carbocycles. The van der Waals surface area contributed by atoms with Crippen LogP contribution in [0, 0.1) is 11.8 Å². The van der Waals surface area contributed by atoms with E-state index >= 15 is 0 Å². The molecule has 1 heterocycles. The summed E-state index contributed by atoms with van der Waals surface area (Å²) in [5.74, 6) is 2.70. The third kappa shape index (κ3) is 3.99. The standard InChI is InChI=1S/C21H31N3OS/c1-25-18-8-6-16(7-9-18)20(24-10-2-3-11-24)14-22-21(26)23-19-13-15-4-5-17(19)12-15/h6-9,15,17,19-20H,2-5,10-14H2,1H3,(H2,22,23,26)/t15-,17-,19-,20+/m0/s1. The van der Waals surface area contributed by atoms with Gasteiger partial charge in [0.1, 0.15) is 5.75 Å². The van der Waals surface area contributed by atoms with Crippen molar-refractivity contribution < 1.29 is 4.74 Å². The average Bonchev–Trinajstić information content (AvgIpc) is 3.41. The monoisotopic (exact) mass is 373 g/mol. The summed E-state index contributed by atoms with van der Waals surface area (Å²) in [6.07, 6.45) is 8.11. The minimum absolute atomic E-state index is 0.364. The van der Waals surface area contributed by atoms with Crippen LogP contribution in [0.15, 0.2) is 24.3 Å². The van der Waals surface area contributed by atoms with Crippen LogP contribution in [-0.4, -0.2) is 42.8 Å². The van der Waals surface area contributed by atoms with Crippen LogP contribution in [0.3, 0.4) is 0 Å². The van der Waals surface area contributed by atoms with Crippen molar-refractivity contribution in [3.63, 3.8) is 0 Å². The van der Waals surface area contributed by atoms with Gasteiger partial charge in [-0.15, -0.1) is 0 Å². The van der Waals surface area contributed by atoms with Gasteiger partial charge in [0.05, 0.1) is 13.2 Å². The lowest BCUT2D eigenvalue weighted by atomic mass is 9.95. The van der Waals surface area contributed by atoms with Crippen LogP contribution in [-0.2, 0) is 0 Å². The number of nitrogens with zero attached hydrogens (tertiary/aromatic N) is 1. The van der Waals surface area contributed by atoms with Crippen molar-refractivity contribution in [1.29, 1.82) is 0 Å². The highest BCUT2D eigenvalue weighted by Crippen LogP contribution is 2.44. The number of fused-ring (bicyclic) bond motifs is 2. The summed E-state index contributed by atoms with van der Waals surface area (Å²) < 4.78 is 5.31. The molecule has 1 saturated heterocycles. The van der Waals surface area contributed by atoms with Crippen LogP contribution >= 0.6 is 12.2 Å². The lowest BCUT2D eigenvalue weighted by molar-refractivity contribution is 0.245. The van der Waals surface area contributed by atoms with E-state index < -0.39 is 0 Å². The summed E-state index contributed by atoms with van der Waals surface area (Å²) in [4.78, 5) is 2.58. The Labute approximate surface area is 162 Å². The maximum atomic E-state index is 5.63. The Bertz CT molecular complexity index is 614. The number of likely N-dealkylation sites (tertiary alicyclic amines) is 1. The fourth-order valence-electron chi connectivity index (χ4n) is 5.17. The fraction of sp³-hybridized carbons (Fsp3) is 0.667. The largest absolute Gasteiger partial charge is 0.497 e. The molecule has 3 fully saturated rings. The number of nitrogens with one attached hydrogen (secondary N) is 2. The molecule has 1 aromatic carbocycles. The first-order chi connectivity index (χ1) is 12.7. The molecule has 4 rings (SSSR count). The molecular weight excluding hydrogens is 342 g/mol. The van der Waals surface area contributed by atoms with Crippen molar-refractivity contribution in [2.45, 2.75) is 50.6 Å². The number of methoxy groups -OCH3 is 1. The Morgan fingerprint density at radius 3 is 2.58 bits per heavy atom. The first-order valence-corrected chi connectivity index (χ1v) is 10.6. The quantitative estimate of drug-likeness (QED) is 0.747. The van der Waals surface area contributed by atoms with Crippen LogP contribution < -0.4 is 15.4 Å². The predicted molar refractivity (Wildman–Crippen MR) is 110 cm³/mol. The molecule has 2 bridgehead atoms. The number of benzene rings is 1. The SMILES string of the molecule is COc1ccc([C@@H](CNC(=S)N[C@H]2C[C@H]3CC[C@H]2C3)N2CCCC2)cc1. The van der Waals surface area contributed by atoms with E-state index in [2.05, 4.69) is 39.8 Å². The van der Waals surface area contributed by atoms with Gasteiger partial charge in [0.2, 0.25) is 0 Å². The van der Waals surface area contributed by atoms with Crippen molar-refractivity contribution in [2.75, 3.05) is 26.7 Å². The summed E-state index contributed by atoms with van der Waals surface area (Å²) in [6, 6.07) is 9.46. The van der Waals surface area contributed by atoms with Gasteiger partial charge in [-0.2, -0.15) is 0 Å². The normalized spacial score (nSPS) is 28.9. The second-order valence-corrected chi connectivity index (χ2v) is 8.58. The maximum absolute atomic E-state index is 5.63. The van der Waals surface area contributed by atoms with Gasteiger partial charge in [-0.05, 0) is 86.9 Å². The average molecular weight is 374 g/mol. The third-order valence-electron chi connectivity index (χ3n) is 6.59. The molecule has 0 spiro atoms. The summed E-state index contributed by atoms with van der Waals surface area (Å²) in [7, 11) is 1.72. The molecule has 4 nitrogen and oxygen atoms in total. The molecule has 0 aromatic heterocycles. The number of thiocarbonyl (C=S) groups is 1. The molecule has 1 aromatic rings. The van der Waals surface area contributed by atoms with Crippen LogP contribution in [0.1, 0.15) is 50.1 Å². The minimum Gasteiger partial charge on any atom is -0.497 e. The molecule has 0 radical (unpaired) electrons. The molecule has 2 aliphatic carbocycles. The highest BCUT2D eigenvalue weighted by molar-refractivity contribution is 7.80. The van der Waals surface area contributed by atoms with Crippen molar-refractivity contribution >= 4 is 17.3 Å². The summed E-state index contributed by atoms with van der Waals surface area (Å²) in [5, 5.41) is 7.96. The van der Waals surface area contributed by atoms with E-state index in [1.807, 2.05) is 0 Å². The van der Waals surface area contributed by atoms with E-state index in [-0.39, 0.29) is 0 Å². The topological polar surface area (TPSA) is 36.5 Å². The minimum atomic E-state index is 0.364. The lowest BCUT2D eigenvalue weighted by Crippen LogP contribution is -2.46.